The SMILES string of the molecule is COc1cccc(C(=O)CC2CC(C)CCN2)c1. The van der Waals surface area contributed by atoms with Gasteiger partial charge in [0, 0.05) is 18.0 Å². The van der Waals surface area contributed by atoms with Gasteiger partial charge in [-0.3, -0.25) is 4.79 Å². The molecule has 0 aliphatic carbocycles. The summed E-state index contributed by atoms with van der Waals surface area (Å²) in [5.74, 6) is 1.65. The topological polar surface area (TPSA) is 38.3 Å². The van der Waals surface area contributed by atoms with Crippen LogP contribution in [0.25, 0.3) is 0 Å². The van der Waals surface area contributed by atoms with Gasteiger partial charge in [0.2, 0.25) is 0 Å². The zero-order valence-corrected chi connectivity index (χ0v) is 11.1. The minimum absolute atomic E-state index is 0.195. The summed E-state index contributed by atoms with van der Waals surface area (Å²) >= 11 is 0. The third kappa shape index (κ3) is 3.33. The smallest absolute Gasteiger partial charge is 0.164 e. The Labute approximate surface area is 109 Å². The van der Waals surface area contributed by atoms with E-state index in [0.29, 0.717) is 18.4 Å². The fourth-order valence-corrected chi connectivity index (χ4v) is 2.51. The molecule has 0 aromatic heterocycles. The lowest BCUT2D eigenvalue weighted by atomic mass is 9.90. The van der Waals surface area contributed by atoms with Gasteiger partial charge in [-0.1, -0.05) is 19.1 Å². The molecule has 1 aromatic rings. The molecule has 1 aliphatic heterocycles. The Balaban J connectivity index is 1.98. The van der Waals surface area contributed by atoms with Gasteiger partial charge in [-0.05, 0) is 37.4 Å². The van der Waals surface area contributed by atoms with Crippen molar-refractivity contribution in [3.8, 4) is 5.75 Å². The number of methoxy groups -OCH3 is 1. The van der Waals surface area contributed by atoms with Gasteiger partial charge in [0.15, 0.2) is 5.78 Å². The molecule has 2 unspecified atom stereocenters. The molecule has 1 saturated heterocycles. The van der Waals surface area contributed by atoms with Crippen molar-refractivity contribution >= 4 is 5.78 Å². The Hall–Kier alpha value is -1.35. The first-order valence-electron chi connectivity index (χ1n) is 6.59. The Kier molecular flexibility index (Phi) is 4.37. The predicted octanol–water partition coefficient (Wildman–Crippen LogP) is 2.66. The molecule has 2 atom stereocenters. The summed E-state index contributed by atoms with van der Waals surface area (Å²) in [4.78, 5) is 12.2. The van der Waals surface area contributed by atoms with Crippen molar-refractivity contribution in [3.63, 3.8) is 0 Å². The number of piperidine rings is 1. The maximum atomic E-state index is 12.2. The summed E-state index contributed by atoms with van der Waals surface area (Å²) < 4.78 is 5.14. The molecule has 1 fully saturated rings. The van der Waals surface area contributed by atoms with E-state index in [-0.39, 0.29) is 5.78 Å². The molecule has 1 aliphatic rings. The van der Waals surface area contributed by atoms with E-state index in [1.165, 1.54) is 6.42 Å². The molecular formula is C15H21NO2. The number of carbonyl (C=O) groups is 1. The highest BCUT2D eigenvalue weighted by Crippen LogP contribution is 2.20. The first-order chi connectivity index (χ1) is 8.69. The van der Waals surface area contributed by atoms with Gasteiger partial charge in [0.1, 0.15) is 5.75 Å². The molecule has 3 nitrogen and oxygen atoms in total. The molecule has 98 valence electrons. The molecule has 3 heteroatoms. The Morgan fingerprint density at radius 1 is 1.50 bits per heavy atom. The quantitative estimate of drug-likeness (QED) is 0.831. The van der Waals surface area contributed by atoms with E-state index in [2.05, 4.69) is 12.2 Å². The summed E-state index contributed by atoms with van der Waals surface area (Å²) in [5, 5.41) is 3.43. The average molecular weight is 247 g/mol. The summed E-state index contributed by atoms with van der Waals surface area (Å²) in [5.41, 5.74) is 0.745. The summed E-state index contributed by atoms with van der Waals surface area (Å²) in [7, 11) is 1.62. The van der Waals surface area contributed by atoms with Crippen LogP contribution in [0.4, 0.5) is 0 Å². The molecule has 0 amide bonds. The standard InChI is InChI=1S/C15H21NO2/c1-11-6-7-16-13(8-11)10-15(17)12-4-3-5-14(9-12)18-2/h3-5,9,11,13,16H,6-8,10H2,1-2H3. The van der Waals surface area contributed by atoms with Gasteiger partial charge in [-0.25, -0.2) is 0 Å². The van der Waals surface area contributed by atoms with Gasteiger partial charge >= 0.3 is 0 Å². The first-order valence-corrected chi connectivity index (χ1v) is 6.59. The number of carbonyl (C=O) groups excluding carboxylic acids is 1. The van der Waals surface area contributed by atoms with Crippen LogP contribution in [0.15, 0.2) is 24.3 Å². The number of ether oxygens (including phenoxy) is 1. The van der Waals surface area contributed by atoms with Crippen molar-refractivity contribution in [3.05, 3.63) is 29.8 Å². The highest BCUT2D eigenvalue weighted by molar-refractivity contribution is 5.96. The van der Waals surface area contributed by atoms with Gasteiger partial charge in [0.25, 0.3) is 0 Å². The number of ketones is 1. The van der Waals surface area contributed by atoms with E-state index in [4.69, 9.17) is 4.74 Å². The number of rotatable bonds is 4. The monoisotopic (exact) mass is 247 g/mol. The fraction of sp³-hybridized carbons (Fsp3) is 0.533. The van der Waals surface area contributed by atoms with Crippen molar-refractivity contribution in [2.24, 2.45) is 5.92 Å². The average Bonchev–Trinajstić information content (AvgIpc) is 2.39. The zero-order chi connectivity index (χ0) is 13.0. The van der Waals surface area contributed by atoms with Crippen LogP contribution in [0.2, 0.25) is 0 Å². The second kappa shape index (κ2) is 6.01. The molecule has 18 heavy (non-hydrogen) atoms. The molecule has 0 radical (unpaired) electrons. The number of Topliss-reactive ketones (excluding diaryl/α,β-unsaturated/α-hetero) is 1. The second-order valence-corrected chi connectivity index (χ2v) is 5.14. The van der Waals surface area contributed by atoms with Crippen LogP contribution in [0.3, 0.4) is 0 Å². The van der Waals surface area contributed by atoms with Crippen LogP contribution in [-0.4, -0.2) is 25.5 Å². The first kappa shape index (κ1) is 13.1. The van der Waals surface area contributed by atoms with Crippen LogP contribution in [0, 0.1) is 5.92 Å². The maximum absolute atomic E-state index is 12.2. The maximum Gasteiger partial charge on any atom is 0.164 e. The molecule has 1 heterocycles. The van der Waals surface area contributed by atoms with Crippen molar-refractivity contribution in [1.82, 2.24) is 5.32 Å². The molecule has 0 spiro atoms. The van der Waals surface area contributed by atoms with Crippen molar-refractivity contribution in [1.29, 1.82) is 0 Å². The zero-order valence-electron chi connectivity index (χ0n) is 11.1. The minimum atomic E-state index is 0.195. The van der Waals surface area contributed by atoms with Crippen LogP contribution in [0.5, 0.6) is 5.75 Å². The Morgan fingerprint density at radius 3 is 3.06 bits per heavy atom. The van der Waals surface area contributed by atoms with E-state index >= 15 is 0 Å². The number of hydrogen-bond donors (Lipinski definition) is 1. The second-order valence-electron chi connectivity index (χ2n) is 5.14. The Morgan fingerprint density at radius 2 is 2.33 bits per heavy atom. The van der Waals surface area contributed by atoms with Crippen LogP contribution < -0.4 is 10.1 Å². The third-order valence-electron chi connectivity index (χ3n) is 3.58. The lowest BCUT2D eigenvalue weighted by Gasteiger charge is -2.27. The summed E-state index contributed by atoms with van der Waals surface area (Å²) in [6.07, 6.45) is 2.89. The van der Waals surface area contributed by atoms with E-state index in [1.54, 1.807) is 7.11 Å². The lowest BCUT2D eigenvalue weighted by Crippen LogP contribution is -2.38. The van der Waals surface area contributed by atoms with Gasteiger partial charge in [0.05, 0.1) is 7.11 Å². The normalized spacial score (nSPS) is 23.7. The number of benzene rings is 1. The van der Waals surface area contributed by atoms with E-state index in [1.807, 2.05) is 24.3 Å². The largest absolute Gasteiger partial charge is 0.497 e. The lowest BCUT2D eigenvalue weighted by molar-refractivity contribution is 0.0958. The molecule has 0 bridgehead atoms. The predicted molar refractivity (Wildman–Crippen MR) is 72.1 cm³/mol. The highest BCUT2D eigenvalue weighted by Gasteiger charge is 2.21. The molecule has 0 saturated carbocycles. The van der Waals surface area contributed by atoms with Crippen molar-refractivity contribution in [2.45, 2.75) is 32.2 Å². The summed E-state index contributed by atoms with van der Waals surface area (Å²) in [6.45, 7) is 3.28. The minimum Gasteiger partial charge on any atom is -0.497 e. The van der Waals surface area contributed by atoms with Crippen LogP contribution in [0.1, 0.15) is 36.5 Å². The molecule has 2 rings (SSSR count). The van der Waals surface area contributed by atoms with Gasteiger partial charge < -0.3 is 10.1 Å². The highest BCUT2D eigenvalue weighted by atomic mass is 16.5. The molecule has 1 N–H and O–H groups in total. The van der Waals surface area contributed by atoms with Gasteiger partial charge in [-0.2, -0.15) is 0 Å². The van der Waals surface area contributed by atoms with Crippen LogP contribution in [-0.2, 0) is 0 Å². The van der Waals surface area contributed by atoms with E-state index in [0.717, 1.165) is 24.3 Å². The third-order valence-corrected chi connectivity index (χ3v) is 3.58. The van der Waals surface area contributed by atoms with Crippen molar-refractivity contribution in [2.75, 3.05) is 13.7 Å². The molecule has 1 aromatic carbocycles. The summed E-state index contributed by atoms with van der Waals surface area (Å²) in [6, 6.07) is 7.72. The number of nitrogens with one attached hydrogen (secondary N) is 1. The van der Waals surface area contributed by atoms with Gasteiger partial charge in [-0.15, -0.1) is 0 Å². The Bertz CT molecular complexity index is 417. The fourth-order valence-electron chi connectivity index (χ4n) is 2.51. The van der Waals surface area contributed by atoms with Crippen LogP contribution >= 0.6 is 0 Å². The number of hydrogen-bond acceptors (Lipinski definition) is 3. The van der Waals surface area contributed by atoms with Crippen molar-refractivity contribution < 1.29 is 9.53 Å². The van der Waals surface area contributed by atoms with E-state index < -0.39 is 0 Å². The molecular weight excluding hydrogens is 226 g/mol. The van der Waals surface area contributed by atoms with E-state index in [9.17, 15) is 4.79 Å².